The summed E-state index contributed by atoms with van der Waals surface area (Å²) in [5.41, 5.74) is 2.46. The van der Waals surface area contributed by atoms with Crippen molar-refractivity contribution in [1.82, 2.24) is 4.90 Å². The average Bonchev–Trinajstić information content (AvgIpc) is 2.74. The number of ketones is 1. The number of nitrogens with zero attached hydrogens (tertiary/aromatic N) is 1. The van der Waals surface area contributed by atoms with E-state index in [-0.39, 0.29) is 28.6 Å². The summed E-state index contributed by atoms with van der Waals surface area (Å²) >= 11 is 0. The first-order valence-electron chi connectivity index (χ1n) is 10.5. The molecule has 0 unspecified atom stereocenters. The summed E-state index contributed by atoms with van der Waals surface area (Å²) in [5, 5.41) is 11.1. The van der Waals surface area contributed by atoms with E-state index in [1.165, 1.54) is 32.6 Å². The fourth-order valence-corrected chi connectivity index (χ4v) is 3.83. The molecule has 0 spiro atoms. The van der Waals surface area contributed by atoms with Gasteiger partial charge in [-0.15, -0.1) is 0 Å². The molecule has 3 rings (SSSR count). The second-order valence-corrected chi connectivity index (χ2v) is 7.82. The van der Waals surface area contributed by atoms with E-state index >= 15 is 0 Å². The van der Waals surface area contributed by atoms with Gasteiger partial charge in [-0.05, 0) is 44.5 Å². The summed E-state index contributed by atoms with van der Waals surface area (Å²) in [6.45, 7) is 5.45. The summed E-state index contributed by atoms with van der Waals surface area (Å²) in [6, 6.07) is 9.27. The maximum Gasteiger partial charge on any atom is 0.308 e. The Morgan fingerprint density at radius 2 is 1.87 bits per heavy atom. The van der Waals surface area contributed by atoms with E-state index in [2.05, 4.69) is 4.90 Å². The monoisotopic (exact) mass is 423 g/mol. The van der Waals surface area contributed by atoms with Gasteiger partial charge in [-0.1, -0.05) is 42.3 Å². The van der Waals surface area contributed by atoms with Gasteiger partial charge in [-0.3, -0.25) is 14.5 Å². The molecule has 0 amide bonds. The number of methoxy groups -OCH3 is 1. The second-order valence-electron chi connectivity index (χ2n) is 7.82. The highest BCUT2D eigenvalue weighted by Crippen LogP contribution is 2.40. The molecule has 6 heteroatoms. The normalized spacial score (nSPS) is 14.5. The van der Waals surface area contributed by atoms with Crippen molar-refractivity contribution in [3.8, 4) is 17.2 Å². The first kappa shape index (κ1) is 22.6. The molecule has 0 saturated carbocycles. The van der Waals surface area contributed by atoms with E-state index in [1.54, 1.807) is 6.08 Å². The number of aromatic hydroxyl groups is 1. The minimum Gasteiger partial charge on any atom is -0.507 e. The lowest BCUT2D eigenvalue weighted by Gasteiger charge is -2.28. The first-order valence-corrected chi connectivity index (χ1v) is 10.5. The number of hydrogen-bond donors (Lipinski definition) is 1. The molecule has 2 aromatic carbocycles. The van der Waals surface area contributed by atoms with E-state index in [4.69, 9.17) is 9.47 Å². The summed E-state index contributed by atoms with van der Waals surface area (Å²) < 4.78 is 10.7. The molecule has 1 saturated heterocycles. The lowest BCUT2D eigenvalue weighted by atomic mass is 10.00. The van der Waals surface area contributed by atoms with Crippen molar-refractivity contribution in [3.05, 3.63) is 58.7 Å². The third kappa shape index (κ3) is 5.73. The maximum absolute atomic E-state index is 13.0. The number of esters is 1. The summed E-state index contributed by atoms with van der Waals surface area (Å²) in [7, 11) is 1.41. The molecular formula is C25H29NO5. The molecular weight excluding hydrogens is 394 g/mol. The van der Waals surface area contributed by atoms with Crippen LogP contribution in [0.1, 0.15) is 53.2 Å². The quantitative estimate of drug-likeness (QED) is 0.305. The molecule has 0 aliphatic carbocycles. The smallest absolute Gasteiger partial charge is 0.308 e. The molecule has 1 aliphatic rings. The number of hydrogen-bond acceptors (Lipinski definition) is 6. The van der Waals surface area contributed by atoms with E-state index in [1.807, 2.05) is 31.2 Å². The van der Waals surface area contributed by atoms with Crippen LogP contribution in [0.4, 0.5) is 0 Å². The molecule has 6 nitrogen and oxygen atoms in total. The Bertz CT molecular complexity index is 990. The largest absolute Gasteiger partial charge is 0.507 e. The Hall–Kier alpha value is -3.12. The predicted molar refractivity (Wildman–Crippen MR) is 120 cm³/mol. The minimum atomic E-state index is -0.500. The van der Waals surface area contributed by atoms with Gasteiger partial charge in [-0.2, -0.15) is 0 Å². The van der Waals surface area contributed by atoms with Crippen molar-refractivity contribution in [2.75, 3.05) is 20.2 Å². The van der Waals surface area contributed by atoms with Gasteiger partial charge in [0.1, 0.15) is 22.8 Å². The van der Waals surface area contributed by atoms with Crippen molar-refractivity contribution < 1.29 is 24.2 Å². The zero-order valence-electron chi connectivity index (χ0n) is 18.3. The van der Waals surface area contributed by atoms with Gasteiger partial charge >= 0.3 is 5.97 Å². The number of benzene rings is 2. The summed E-state index contributed by atoms with van der Waals surface area (Å²) in [4.78, 5) is 26.9. The van der Waals surface area contributed by atoms with Crippen molar-refractivity contribution in [2.24, 2.45) is 0 Å². The molecule has 1 fully saturated rings. The lowest BCUT2D eigenvalue weighted by molar-refractivity contribution is -0.131. The van der Waals surface area contributed by atoms with E-state index in [0.29, 0.717) is 12.1 Å². The van der Waals surface area contributed by atoms with Gasteiger partial charge in [0.25, 0.3) is 0 Å². The van der Waals surface area contributed by atoms with Crippen LogP contribution in [-0.4, -0.2) is 42.0 Å². The van der Waals surface area contributed by atoms with Crippen LogP contribution in [0.3, 0.4) is 0 Å². The average molecular weight is 424 g/mol. The second kappa shape index (κ2) is 10.3. The summed E-state index contributed by atoms with van der Waals surface area (Å²) in [5.74, 6) is -0.716. The van der Waals surface area contributed by atoms with Gasteiger partial charge in [0.05, 0.1) is 12.7 Å². The number of aryl methyl sites for hydroxylation is 1. The molecule has 0 radical (unpaired) electrons. The van der Waals surface area contributed by atoms with Crippen LogP contribution in [0.5, 0.6) is 17.2 Å². The van der Waals surface area contributed by atoms with Crippen LogP contribution in [0.25, 0.3) is 6.08 Å². The Kier molecular flexibility index (Phi) is 7.47. The number of likely N-dealkylation sites (tertiary alicyclic amines) is 1. The third-order valence-corrected chi connectivity index (χ3v) is 5.35. The van der Waals surface area contributed by atoms with E-state index < -0.39 is 5.97 Å². The lowest BCUT2D eigenvalue weighted by Crippen LogP contribution is -2.29. The highest BCUT2D eigenvalue weighted by molar-refractivity contribution is 6.11. The Labute approximate surface area is 183 Å². The first-order chi connectivity index (χ1) is 14.9. The van der Waals surface area contributed by atoms with Gasteiger partial charge < -0.3 is 14.6 Å². The minimum absolute atomic E-state index is 0.0642. The number of phenolic OH excluding ortho intramolecular Hbond substituents is 1. The van der Waals surface area contributed by atoms with Crippen LogP contribution in [0.2, 0.25) is 0 Å². The third-order valence-electron chi connectivity index (χ3n) is 5.35. The number of allylic oxidation sites excluding steroid dienone is 1. The molecule has 0 bridgehead atoms. The Morgan fingerprint density at radius 1 is 1.13 bits per heavy atom. The maximum atomic E-state index is 13.0. The molecule has 2 aromatic rings. The fraction of sp³-hybridized carbons (Fsp3) is 0.360. The SMILES string of the molecule is COc1cc(OC(C)=O)c(CN2CCCCC2)c(O)c1C(=O)/C=C/c1cccc(C)c1. The van der Waals surface area contributed by atoms with Gasteiger partial charge in [0.2, 0.25) is 0 Å². The standard InChI is InChI=1S/C25H29NO5/c1-17-8-7-9-19(14-17)10-11-21(28)24-23(30-3)15-22(31-18(2)27)20(25(24)29)16-26-12-5-4-6-13-26/h7-11,14-15,29H,4-6,12-13,16H2,1-3H3/b11-10+. The number of rotatable bonds is 7. The molecule has 1 aliphatic heterocycles. The van der Waals surface area contributed by atoms with Gasteiger partial charge in [-0.25, -0.2) is 0 Å². The highest BCUT2D eigenvalue weighted by atomic mass is 16.5. The molecule has 31 heavy (non-hydrogen) atoms. The number of ether oxygens (including phenoxy) is 2. The van der Waals surface area contributed by atoms with Crippen LogP contribution < -0.4 is 9.47 Å². The predicted octanol–water partition coefficient (Wildman–Crippen LogP) is 4.52. The van der Waals surface area contributed by atoms with Crippen molar-refractivity contribution >= 4 is 17.8 Å². The molecule has 164 valence electrons. The van der Waals surface area contributed by atoms with Crippen LogP contribution in [0, 0.1) is 6.92 Å². The topological polar surface area (TPSA) is 76.1 Å². The highest BCUT2D eigenvalue weighted by Gasteiger charge is 2.25. The van der Waals surface area contributed by atoms with Crippen molar-refractivity contribution in [1.29, 1.82) is 0 Å². The zero-order chi connectivity index (χ0) is 22.4. The molecule has 1 N–H and O–H groups in total. The van der Waals surface area contributed by atoms with Crippen LogP contribution in [-0.2, 0) is 11.3 Å². The van der Waals surface area contributed by atoms with Crippen LogP contribution in [0.15, 0.2) is 36.4 Å². The number of phenols is 1. The van der Waals surface area contributed by atoms with Crippen molar-refractivity contribution in [2.45, 2.75) is 39.7 Å². The van der Waals surface area contributed by atoms with Gasteiger partial charge in [0.15, 0.2) is 5.78 Å². The number of carbonyl (C=O) groups is 2. The zero-order valence-corrected chi connectivity index (χ0v) is 18.3. The molecule has 1 heterocycles. The molecule has 0 aromatic heterocycles. The number of carbonyl (C=O) groups excluding carboxylic acids is 2. The Balaban J connectivity index is 2.00. The van der Waals surface area contributed by atoms with Crippen LogP contribution >= 0.6 is 0 Å². The number of piperidine rings is 1. The molecule has 0 atom stereocenters. The fourth-order valence-electron chi connectivity index (χ4n) is 3.83. The van der Waals surface area contributed by atoms with E-state index in [0.717, 1.165) is 37.1 Å². The Morgan fingerprint density at radius 3 is 2.52 bits per heavy atom. The van der Waals surface area contributed by atoms with Gasteiger partial charge in [0, 0.05) is 19.5 Å². The van der Waals surface area contributed by atoms with Crippen molar-refractivity contribution in [3.63, 3.8) is 0 Å². The summed E-state index contributed by atoms with van der Waals surface area (Å²) in [6.07, 6.45) is 6.45. The van der Waals surface area contributed by atoms with E-state index in [9.17, 15) is 14.7 Å².